The van der Waals surface area contributed by atoms with Gasteiger partial charge in [0.1, 0.15) is 0 Å². The van der Waals surface area contributed by atoms with Crippen LogP contribution in [0.25, 0.3) is 0 Å². The van der Waals surface area contributed by atoms with E-state index in [1.807, 2.05) is 31.2 Å². The first-order valence-electron chi connectivity index (χ1n) is 6.07. The predicted octanol–water partition coefficient (Wildman–Crippen LogP) is 2.39. The molecule has 0 radical (unpaired) electrons. The van der Waals surface area contributed by atoms with E-state index in [1.54, 1.807) is 6.20 Å². The van der Waals surface area contributed by atoms with Gasteiger partial charge < -0.3 is 10.6 Å². The third-order valence-corrected chi connectivity index (χ3v) is 2.81. The Kier molecular flexibility index (Phi) is 3.77. The van der Waals surface area contributed by atoms with E-state index in [0.717, 1.165) is 30.2 Å². The minimum Gasteiger partial charge on any atom is -0.399 e. The Morgan fingerprint density at radius 2 is 2.11 bits per heavy atom. The van der Waals surface area contributed by atoms with Crippen LogP contribution in [0.2, 0.25) is 0 Å². The number of nitrogen functional groups attached to an aromatic ring is 1. The molecule has 0 spiro atoms. The number of hydrogen-bond donors (Lipinski definition) is 1. The van der Waals surface area contributed by atoms with Gasteiger partial charge in [-0.1, -0.05) is 12.1 Å². The summed E-state index contributed by atoms with van der Waals surface area (Å²) in [6.07, 6.45) is 1.76. The maximum atomic E-state index is 5.79. The fourth-order valence-corrected chi connectivity index (χ4v) is 1.87. The monoisotopic (exact) mass is 242 g/mol. The van der Waals surface area contributed by atoms with Crippen LogP contribution in [-0.2, 0) is 6.54 Å². The number of benzene rings is 1. The maximum absolute atomic E-state index is 5.79. The first-order valence-corrected chi connectivity index (χ1v) is 6.07. The molecule has 2 aromatic rings. The van der Waals surface area contributed by atoms with Crippen molar-refractivity contribution < 1.29 is 0 Å². The zero-order valence-electron chi connectivity index (χ0n) is 10.8. The molecule has 0 saturated carbocycles. The second-order valence-electron chi connectivity index (χ2n) is 4.35. The topological polar surface area (TPSA) is 55.0 Å². The predicted molar refractivity (Wildman–Crippen MR) is 74.3 cm³/mol. The summed E-state index contributed by atoms with van der Waals surface area (Å²) >= 11 is 0. The number of anilines is 2. The zero-order valence-corrected chi connectivity index (χ0v) is 10.8. The molecule has 0 bridgehead atoms. The summed E-state index contributed by atoms with van der Waals surface area (Å²) in [5.41, 5.74) is 8.88. The van der Waals surface area contributed by atoms with Crippen LogP contribution in [-0.4, -0.2) is 16.7 Å². The lowest BCUT2D eigenvalue weighted by molar-refractivity contribution is 0.794. The molecule has 0 amide bonds. The molecule has 0 aliphatic rings. The standard InChI is InChI=1S/C14H18N4/c1-3-18(14-7-11(2)9-16-17-14)10-12-5-4-6-13(15)8-12/h4-9H,3,10,15H2,1-2H3. The molecule has 0 atom stereocenters. The molecule has 2 N–H and O–H groups in total. The first kappa shape index (κ1) is 12.4. The fourth-order valence-electron chi connectivity index (χ4n) is 1.87. The van der Waals surface area contributed by atoms with Crippen LogP contribution in [0.1, 0.15) is 18.1 Å². The van der Waals surface area contributed by atoms with Crippen molar-refractivity contribution in [2.24, 2.45) is 0 Å². The van der Waals surface area contributed by atoms with Gasteiger partial charge in [0, 0.05) is 18.8 Å². The first-order chi connectivity index (χ1) is 8.69. The normalized spacial score (nSPS) is 10.3. The summed E-state index contributed by atoms with van der Waals surface area (Å²) in [5, 5.41) is 8.17. The Morgan fingerprint density at radius 3 is 2.78 bits per heavy atom. The van der Waals surface area contributed by atoms with Crippen LogP contribution < -0.4 is 10.6 Å². The van der Waals surface area contributed by atoms with Gasteiger partial charge in [-0.3, -0.25) is 0 Å². The van der Waals surface area contributed by atoms with Crippen molar-refractivity contribution in [1.82, 2.24) is 10.2 Å². The van der Waals surface area contributed by atoms with Gasteiger partial charge in [0.05, 0.1) is 6.20 Å². The highest BCUT2D eigenvalue weighted by Crippen LogP contribution is 2.15. The number of rotatable bonds is 4. The van der Waals surface area contributed by atoms with Crippen LogP contribution in [0.5, 0.6) is 0 Å². The molecule has 0 fully saturated rings. The van der Waals surface area contributed by atoms with Gasteiger partial charge in [0.2, 0.25) is 0 Å². The third kappa shape index (κ3) is 2.97. The van der Waals surface area contributed by atoms with Crippen LogP contribution in [0.15, 0.2) is 36.5 Å². The summed E-state index contributed by atoms with van der Waals surface area (Å²) in [7, 11) is 0. The summed E-state index contributed by atoms with van der Waals surface area (Å²) in [4.78, 5) is 2.18. The lowest BCUT2D eigenvalue weighted by atomic mass is 10.2. The van der Waals surface area contributed by atoms with Gasteiger partial charge in [0.15, 0.2) is 5.82 Å². The van der Waals surface area contributed by atoms with Crippen LogP contribution >= 0.6 is 0 Å². The van der Waals surface area contributed by atoms with Crippen molar-refractivity contribution >= 4 is 11.5 Å². The maximum Gasteiger partial charge on any atom is 0.151 e. The fraction of sp³-hybridized carbons (Fsp3) is 0.286. The molecular formula is C14H18N4. The van der Waals surface area contributed by atoms with E-state index >= 15 is 0 Å². The number of aryl methyl sites for hydroxylation is 1. The number of hydrogen-bond acceptors (Lipinski definition) is 4. The Balaban J connectivity index is 2.19. The Morgan fingerprint density at radius 1 is 1.28 bits per heavy atom. The highest BCUT2D eigenvalue weighted by Gasteiger charge is 2.07. The minimum absolute atomic E-state index is 0.791. The lowest BCUT2D eigenvalue weighted by Crippen LogP contribution is -2.23. The van der Waals surface area contributed by atoms with Crippen LogP contribution in [0.3, 0.4) is 0 Å². The van der Waals surface area contributed by atoms with E-state index in [-0.39, 0.29) is 0 Å². The average Bonchev–Trinajstić information content (AvgIpc) is 2.36. The second kappa shape index (κ2) is 5.49. The highest BCUT2D eigenvalue weighted by molar-refractivity contribution is 5.44. The highest BCUT2D eigenvalue weighted by atomic mass is 15.2. The Bertz CT molecular complexity index is 525. The van der Waals surface area contributed by atoms with E-state index in [9.17, 15) is 0 Å². The molecule has 94 valence electrons. The van der Waals surface area contributed by atoms with E-state index in [4.69, 9.17) is 5.73 Å². The number of nitrogens with zero attached hydrogens (tertiary/aromatic N) is 3. The molecule has 1 aromatic carbocycles. The summed E-state index contributed by atoms with van der Waals surface area (Å²) in [6.45, 7) is 5.80. The summed E-state index contributed by atoms with van der Waals surface area (Å²) in [6, 6.07) is 9.98. The van der Waals surface area contributed by atoms with Gasteiger partial charge in [-0.15, -0.1) is 5.10 Å². The van der Waals surface area contributed by atoms with Gasteiger partial charge in [-0.05, 0) is 43.2 Å². The summed E-state index contributed by atoms with van der Waals surface area (Å²) < 4.78 is 0. The summed E-state index contributed by atoms with van der Waals surface area (Å²) in [5.74, 6) is 0.903. The van der Waals surface area contributed by atoms with Crippen molar-refractivity contribution in [2.75, 3.05) is 17.2 Å². The average molecular weight is 242 g/mol. The van der Waals surface area contributed by atoms with Gasteiger partial charge in [-0.2, -0.15) is 5.10 Å². The van der Waals surface area contributed by atoms with Crippen molar-refractivity contribution in [3.8, 4) is 0 Å². The van der Waals surface area contributed by atoms with E-state index in [0.29, 0.717) is 0 Å². The molecule has 0 aliphatic heterocycles. The SMILES string of the molecule is CCN(Cc1cccc(N)c1)c1cc(C)cnn1. The molecular weight excluding hydrogens is 224 g/mol. The van der Waals surface area contributed by atoms with E-state index < -0.39 is 0 Å². The molecule has 0 unspecified atom stereocenters. The largest absolute Gasteiger partial charge is 0.399 e. The molecule has 2 rings (SSSR count). The van der Waals surface area contributed by atoms with Crippen molar-refractivity contribution in [3.05, 3.63) is 47.7 Å². The smallest absolute Gasteiger partial charge is 0.151 e. The molecule has 1 heterocycles. The van der Waals surface area contributed by atoms with Crippen molar-refractivity contribution in [1.29, 1.82) is 0 Å². The number of aromatic nitrogens is 2. The Labute approximate surface area is 107 Å². The van der Waals surface area contributed by atoms with Gasteiger partial charge in [0.25, 0.3) is 0 Å². The molecule has 0 aliphatic carbocycles. The zero-order chi connectivity index (χ0) is 13.0. The van der Waals surface area contributed by atoms with Crippen molar-refractivity contribution in [3.63, 3.8) is 0 Å². The van der Waals surface area contributed by atoms with Crippen molar-refractivity contribution in [2.45, 2.75) is 20.4 Å². The van der Waals surface area contributed by atoms with E-state index in [1.165, 1.54) is 5.56 Å². The Hall–Kier alpha value is -2.10. The quantitative estimate of drug-likeness (QED) is 0.836. The molecule has 18 heavy (non-hydrogen) atoms. The molecule has 1 aromatic heterocycles. The minimum atomic E-state index is 0.791. The molecule has 4 nitrogen and oxygen atoms in total. The second-order valence-corrected chi connectivity index (χ2v) is 4.35. The molecule has 4 heteroatoms. The van der Waals surface area contributed by atoms with E-state index in [2.05, 4.69) is 28.1 Å². The van der Waals surface area contributed by atoms with Gasteiger partial charge >= 0.3 is 0 Å². The molecule has 0 saturated heterocycles. The number of nitrogens with two attached hydrogens (primary N) is 1. The third-order valence-electron chi connectivity index (χ3n) is 2.81. The lowest BCUT2D eigenvalue weighted by Gasteiger charge is -2.21. The van der Waals surface area contributed by atoms with Crippen LogP contribution in [0, 0.1) is 6.92 Å². The van der Waals surface area contributed by atoms with Gasteiger partial charge in [-0.25, -0.2) is 0 Å². The van der Waals surface area contributed by atoms with Crippen LogP contribution in [0.4, 0.5) is 11.5 Å².